The fourth-order valence-electron chi connectivity index (χ4n) is 3.82. The number of anilines is 2. The number of methoxy groups -OCH3 is 1. The lowest BCUT2D eigenvalue weighted by Crippen LogP contribution is -2.38. The Labute approximate surface area is 152 Å². The van der Waals surface area contributed by atoms with Crippen LogP contribution in [0.2, 0.25) is 0 Å². The Morgan fingerprint density at radius 1 is 0.962 bits per heavy atom. The van der Waals surface area contributed by atoms with Crippen molar-refractivity contribution in [1.29, 1.82) is 0 Å². The first-order valence-electron chi connectivity index (χ1n) is 8.44. The van der Waals surface area contributed by atoms with E-state index in [-0.39, 0.29) is 17.5 Å². The maximum absolute atomic E-state index is 13.3. The molecule has 2 heterocycles. The highest BCUT2D eigenvalue weighted by Crippen LogP contribution is 2.41. The van der Waals surface area contributed by atoms with Crippen molar-refractivity contribution in [2.45, 2.75) is 19.0 Å². The Balaban J connectivity index is 1.83. The fourth-order valence-corrected chi connectivity index (χ4v) is 5.74. The van der Waals surface area contributed by atoms with E-state index in [1.165, 1.54) is 0 Å². The lowest BCUT2D eigenvalue weighted by atomic mass is 10.1. The lowest BCUT2D eigenvalue weighted by Gasteiger charge is -2.24. The third kappa shape index (κ3) is 2.63. The SMILES string of the molecule is COc1ccccc1N1C(=O)N(c2ccc(C)cc2)C2CS(=O)(=O)CC21. The predicted octanol–water partition coefficient (Wildman–Crippen LogP) is 2.62. The number of carbonyl (C=O) groups excluding carboxylic acids is 1. The van der Waals surface area contributed by atoms with Crippen LogP contribution in [0, 0.1) is 6.92 Å². The smallest absolute Gasteiger partial charge is 0.329 e. The average molecular weight is 372 g/mol. The van der Waals surface area contributed by atoms with E-state index in [2.05, 4.69) is 0 Å². The minimum atomic E-state index is -3.21. The summed E-state index contributed by atoms with van der Waals surface area (Å²) in [5.41, 5.74) is 2.39. The van der Waals surface area contributed by atoms with E-state index in [0.717, 1.165) is 5.56 Å². The fraction of sp³-hybridized carbons (Fsp3) is 0.316. The van der Waals surface area contributed by atoms with Gasteiger partial charge in [-0.25, -0.2) is 13.2 Å². The van der Waals surface area contributed by atoms with Crippen LogP contribution >= 0.6 is 0 Å². The van der Waals surface area contributed by atoms with Gasteiger partial charge < -0.3 is 4.74 Å². The van der Waals surface area contributed by atoms with Crippen LogP contribution in [0.1, 0.15) is 5.56 Å². The number of hydrogen-bond acceptors (Lipinski definition) is 4. The van der Waals surface area contributed by atoms with E-state index in [1.54, 1.807) is 29.0 Å². The second-order valence-corrected chi connectivity index (χ2v) is 8.90. The van der Waals surface area contributed by atoms with E-state index in [1.807, 2.05) is 43.3 Å². The Morgan fingerprint density at radius 2 is 1.58 bits per heavy atom. The molecule has 0 aliphatic carbocycles. The molecule has 2 saturated heterocycles. The van der Waals surface area contributed by atoms with Crippen molar-refractivity contribution in [3.05, 3.63) is 54.1 Å². The number of amides is 2. The van der Waals surface area contributed by atoms with Crippen LogP contribution in [-0.4, -0.2) is 45.1 Å². The summed E-state index contributed by atoms with van der Waals surface area (Å²) in [6, 6.07) is 13.7. The standard InChI is InChI=1S/C19H20N2O4S/c1-13-7-9-14(10-8-13)20-16-11-26(23,24)12-17(16)21(19(20)22)15-5-3-4-6-18(15)25-2/h3-10,16-17H,11-12H2,1-2H3. The van der Waals surface area contributed by atoms with Crippen molar-refractivity contribution in [2.24, 2.45) is 0 Å². The summed E-state index contributed by atoms with van der Waals surface area (Å²) >= 11 is 0. The normalized spacial score (nSPS) is 24.0. The first-order valence-corrected chi connectivity index (χ1v) is 10.3. The lowest BCUT2D eigenvalue weighted by molar-refractivity contribution is 0.255. The molecule has 4 rings (SSSR count). The Hall–Kier alpha value is -2.54. The molecule has 0 saturated carbocycles. The molecule has 2 aromatic carbocycles. The van der Waals surface area contributed by atoms with Crippen molar-refractivity contribution < 1.29 is 17.9 Å². The Morgan fingerprint density at radius 3 is 2.23 bits per heavy atom. The van der Waals surface area contributed by atoms with E-state index in [0.29, 0.717) is 17.1 Å². The minimum absolute atomic E-state index is 0.0249. The zero-order chi connectivity index (χ0) is 18.5. The molecule has 26 heavy (non-hydrogen) atoms. The van der Waals surface area contributed by atoms with Gasteiger partial charge >= 0.3 is 6.03 Å². The van der Waals surface area contributed by atoms with Gasteiger partial charge in [0.15, 0.2) is 9.84 Å². The van der Waals surface area contributed by atoms with Gasteiger partial charge in [-0.2, -0.15) is 0 Å². The third-order valence-corrected chi connectivity index (χ3v) is 6.72. The van der Waals surface area contributed by atoms with Crippen molar-refractivity contribution in [2.75, 3.05) is 28.4 Å². The molecule has 2 amide bonds. The average Bonchev–Trinajstić information content (AvgIpc) is 3.04. The molecular formula is C19H20N2O4S. The van der Waals surface area contributed by atoms with Crippen molar-refractivity contribution in [1.82, 2.24) is 0 Å². The van der Waals surface area contributed by atoms with Gasteiger partial charge in [-0.15, -0.1) is 0 Å². The summed E-state index contributed by atoms with van der Waals surface area (Å²) < 4.78 is 30.0. The monoisotopic (exact) mass is 372 g/mol. The minimum Gasteiger partial charge on any atom is -0.495 e. The molecule has 7 heteroatoms. The molecule has 2 aromatic rings. The summed E-state index contributed by atoms with van der Waals surface area (Å²) in [6.07, 6.45) is 0. The Kier molecular flexibility index (Phi) is 3.91. The number of nitrogens with zero attached hydrogens (tertiary/aromatic N) is 2. The molecule has 2 aliphatic heterocycles. The zero-order valence-corrected chi connectivity index (χ0v) is 15.4. The molecule has 0 bridgehead atoms. The van der Waals surface area contributed by atoms with Gasteiger partial charge in [0.1, 0.15) is 5.75 Å². The Bertz CT molecular complexity index is 956. The summed E-state index contributed by atoms with van der Waals surface area (Å²) in [7, 11) is -1.67. The number of urea groups is 1. The van der Waals surface area contributed by atoms with Crippen molar-refractivity contribution in [3.63, 3.8) is 0 Å². The van der Waals surface area contributed by atoms with Gasteiger partial charge in [0.2, 0.25) is 0 Å². The largest absolute Gasteiger partial charge is 0.495 e. The molecule has 2 fully saturated rings. The van der Waals surface area contributed by atoms with Crippen LogP contribution in [0.5, 0.6) is 5.75 Å². The van der Waals surface area contributed by atoms with Gasteiger partial charge in [0.25, 0.3) is 0 Å². The van der Waals surface area contributed by atoms with Crippen LogP contribution in [0.25, 0.3) is 0 Å². The molecule has 6 nitrogen and oxygen atoms in total. The molecule has 2 aliphatic rings. The van der Waals surface area contributed by atoms with Gasteiger partial charge in [0, 0.05) is 5.69 Å². The van der Waals surface area contributed by atoms with Crippen LogP contribution < -0.4 is 14.5 Å². The quantitative estimate of drug-likeness (QED) is 0.777. The molecule has 0 spiro atoms. The topological polar surface area (TPSA) is 66.9 Å². The highest BCUT2D eigenvalue weighted by molar-refractivity contribution is 7.91. The number of fused-ring (bicyclic) bond motifs is 1. The highest BCUT2D eigenvalue weighted by Gasteiger charge is 2.54. The van der Waals surface area contributed by atoms with Crippen LogP contribution in [0.3, 0.4) is 0 Å². The number of benzene rings is 2. The maximum Gasteiger partial charge on any atom is 0.329 e. The van der Waals surface area contributed by atoms with Gasteiger partial charge in [-0.3, -0.25) is 9.80 Å². The number of carbonyl (C=O) groups is 1. The molecule has 136 valence electrons. The van der Waals surface area contributed by atoms with E-state index in [9.17, 15) is 13.2 Å². The molecule has 0 aromatic heterocycles. The van der Waals surface area contributed by atoms with E-state index in [4.69, 9.17) is 4.74 Å². The molecule has 2 atom stereocenters. The van der Waals surface area contributed by atoms with Crippen LogP contribution in [0.4, 0.5) is 16.2 Å². The first kappa shape index (κ1) is 16.9. The first-order chi connectivity index (χ1) is 12.4. The maximum atomic E-state index is 13.3. The third-order valence-electron chi connectivity index (χ3n) is 5.03. The zero-order valence-electron chi connectivity index (χ0n) is 14.6. The number of hydrogen-bond donors (Lipinski definition) is 0. The molecule has 0 N–H and O–H groups in total. The predicted molar refractivity (Wildman–Crippen MR) is 101 cm³/mol. The van der Waals surface area contributed by atoms with E-state index >= 15 is 0 Å². The van der Waals surface area contributed by atoms with Crippen molar-refractivity contribution >= 4 is 27.2 Å². The number of ether oxygens (including phenoxy) is 1. The number of aryl methyl sites for hydroxylation is 1. The van der Waals surface area contributed by atoms with Crippen molar-refractivity contribution in [3.8, 4) is 5.75 Å². The summed E-state index contributed by atoms with van der Waals surface area (Å²) in [5, 5.41) is 0. The summed E-state index contributed by atoms with van der Waals surface area (Å²) in [6.45, 7) is 1.97. The second-order valence-electron chi connectivity index (χ2n) is 6.74. The van der Waals surface area contributed by atoms with E-state index < -0.39 is 21.9 Å². The van der Waals surface area contributed by atoms with Crippen LogP contribution in [-0.2, 0) is 9.84 Å². The molecule has 0 radical (unpaired) electrons. The van der Waals surface area contributed by atoms with Gasteiger partial charge in [-0.05, 0) is 31.2 Å². The number of sulfone groups is 1. The van der Waals surface area contributed by atoms with Gasteiger partial charge in [-0.1, -0.05) is 29.8 Å². The highest BCUT2D eigenvalue weighted by atomic mass is 32.2. The number of rotatable bonds is 3. The molecule has 2 unspecified atom stereocenters. The second kappa shape index (κ2) is 6.02. The van der Waals surface area contributed by atoms with Gasteiger partial charge in [0.05, 0.1) is 36.4 Å². The summed E-state index contributed by atoms with van der Waals surface area (Å²) in [5.74, 6) is 0.488. The van der Waals surface area contributed by atoms with Crippen LogP contribution in [0.15, 0.2) is 48.5 Å². The molecular weight excluding hydrogens is 352 g/mol. The summed E-state index contributed by atoms with van der Waals surface area (Å²) in [4.78, 5) is 16.5. The number of para-hydroxylation sites is 2.